The number of aromatic nitrogens is 1. The predicted octanol–water partition coefficient (Wildman–Crippen LogP) is 0.141. The van der Waals surface area contributed by atoms with Crippen LogP contribution in [0.1, 0.15) is 0 Å². The Hall–Kier alpha value is -2.12. The average molecular weight is 282 g/mol. The molecule has 0 aliphatic carbocycles. The number of nitrogens with two attached hydrogens (primary N) is 2. The van der Waals surface area contributed by atoms with Gasteiger partial charge in [-0.1, -0.05) is 12.2 Å². The zero-order valence-electron chi connectivity index (χ0n) is 10.2. The molecule has 8 heteroatoms. The Morgan fingerprint density at radius 1 is 1.32 bits per heavy atom. The molecule has 0 spiro atoms. The fourth-order valence-corrected chi connectivity index (χ4v) is 1.46. The van der Waals surface area contributed by atoms with E-state index in [4.69, 9.17) is 11.5 Å². The maximum atomic E-state index is 5.70. The molecule has 0 unspecified atom stereocenters. The van der Waals surface area contributed by atoms with Crippen molar-refractivity contribution in [2.75, 3.05) is 13.1 Å². The maximum absolute atomic E-state index is 5.70. The Kier molecular flexibility index (Phi) is 5.77. The standard InChI is InChI=1S/C11H15N7.ClH/c12-10(15-9-4-3-5-14-8-9)16-11(13)17-18-6-1-2-7-18;/h1-5,8H,6-7H2,(H5,12,13,15,16,17);1H. The summed E-state index contributed by atoms with van der Waals surface area (Å²) < 4.78 is 0. The van der Waals surface area contributed by atoms with Gasteiger partial charge in [0.25, 0.3) is 0 Å². The number of halogens is 1. The SMILES string of the molecule is Cl.NC(=Nc1cccnc1)N=C(N)NN1CC=CC1. The molecule has 0 atom stereocenters. The van der Waals surface area contributed by atoms with E-state index in [1.807, 2.05) is 17.2 Å². The summed E-state index contributed by atoms with van der Waals surface area (Å²) in [5, 5.41) is 1.90. The van der Waals surface area contributed by atoms with E-state index in [0.717, 1.165) is 13.1 Å². The van der Waals surface area contributed by atoms with Gasteiger partial charge in [0.1, 0.15) is 0 Å². The molecule has 0 bridgehead atoms. The highest BCUT2D eigenvalue weighted by molar-refractivity contribution is 5.94. The minimum atomic E-state index is 0. The number of aliphatic imine (C=N–C) groups is 2. The van der Waals surface area contributed by atoms with Crippen molar-refractivity contribution in [3.8, 4) is 0 Å². The molecule has 0 aromatic carbocycles. The third kappa shape index (κ3) is 4.94. The van der Waals surface area contributed by atoms with Crippen LogP contribution in [0.15, 0.2) is 46.7 Å². The molecule has 2 heterocycles. The van der Waals surface area contributed by atoms with Gasteiger partial charge in [-0.25, -0.2) is 10.0 Å². The summed E-state index contributed by atoms with van der Waals surface area (Å²) in [5.41, 5.74) is 14.9. The van der Waals surface area contributed by atoms with Gasteiger partial charge < -0.3 is 11.5 Å². The van der Waals surface area contributed by atoms with Gasteiger partial charge in [0.2, 0.25) is 11.9 Å². The molecular weight excluding hydrogens is 266 g/mol. The van der Waals surface area contributed by atoms with E-state index in [0.29, 0.717) is 5.69 Å². The van der Waals surface area contributed by atoms with Gasteiger partial charge in [-0.15, -0.1) is 12.4 Å². The molecule has 7 nitrogen and oxygen atoms in total. The average Bonchev–Trinajstić information content (AvgIpc) is 2.82. The Morgan fingerprint density at radius 2 is 2.05 bits per heavy atom. The first-order valence-corrected chi connectivity index (χ1v) is 5.49. The largest absolute Gasteiger partial charge is 0.368 e. The van der Waals surface area contributed by atoms with E-state index in [2.05, 4.69) is 20.4 Å². The number of hydrogen-bond acceptors (Lipinski definition) is 3. The van der Waals surface area contributed by atoms with Crippen molar-refractivity contribution < 1.29 is 0 Å². The number of rotatable bonds is 2. The van der Waals surface area contributed by atoms with Crippen LogP contribution < -0.4 is 16.9 Å². The smallest absolute Gasteiger partial charge is 0.223 e. The van der Waals surface area contributed by atoms with Gasteiger partial charge in [0, 0.05) is 19.3 Å². The molecule has 2 rings (SSSR count). The molecule has 1 aliphatic heterocycles. The summed E-state index contributed by atoms with van der Waals surface area (Å²) >= 11 is 0. The monoisotopic (exact) mass is 281 g/mol. The van der Waals surface area contributed by atoms with Gasteiger partial charge >= 0.3 is 0 Å². The Bertz CT molecular complexity index is 475. The number of hydrazine groups is 1. The molecule has 0 saturated heterocycles. The third-order valence-electron chi connectivity index (χ3n) is 2.22. The second-order valence-electron chi connectivity index (χ2n) is 3.67. The molecule has 1 aromatic rings. The van der Waals surface area contributed by atoms with Crippen LogP contribution in [0.5, 0.6) is 0 Å². The first kappa shape index (κ1) is 14.9. The quantitative estimate of drug-likeness (QED) is 0.406. The first-order chi connectivity index (χ1) is 8.74. The minimum absolute atomic E-state index is 0. The lowest BCUT2D eigenvalue weighted by Crippen LogP contribution is -2.45. The molecule has 0 fully saturated rings. The number of guanidine groups is 2. The van der Waals surface area contributed by atoms with Gasteiger partial charge in [0.05, 0.1) is 11.9 Å². The molecule has 1 aromatic heterocycles. The van der Waals surface area contributed by atoms with E-state index in [-0.39, 0.29) is 24.3 Å². The summed E-state index contributed by atoms with van der Waals surface area (Å²) in [6, 6.07) is 3.55. The molecule has 102 valence electrons. The van der Waals surface area contributed by atoms with Crippen LogP contribution >= 0.6 is 12.4 Å². The number of nitrogens with one attached hydrogen (secondary N) is 1. The Balaban J connectivity index is 0.00000180. The number of pyridine rings is 1. The maximum Gasteiger partial charge on any atom is 0.223 e. The molecule has 0 saturated carbocycles. The second kappa shape index (κ2) is 7.34. The fourth-order valence-electron chi connectivity index (χ4n) is 1.46. The molecule has 0 amide bonds. The molecule has 19 heavy (non-hydrogen) atoms. The summed E-state index contributed by atoms with van der Waals surface area (Å²) in [7, 11) is 0. The third-order valence-corrected chi connectivity index (χ3v) is 2.22. The highest BCUT2D eigenvalue weighted by atomic mass is 35.5. The predicted molar refractivity (Wildman–Crippen MR) is 78.2 cm³/mol. The zero-order valence-corrected chi connectivity index (χ0v) is 11.0. The van der Waals surface area contributed by atoms with E-state index >= 15 is 0 Å². The van der Waals surface area contributed by atoms with E-state index in [9.17, 15) is 0 Å². The topological polar surface area (TPSA) is 105 Å². The lowest BCUT2D eigenvalue weighted by Gasteiger charge is -2.16. The van der Waals surface area contributed by atoms with E-state index in [1.165, 1.54) is 0 Å². The molecule has 0 radical (unpaired) electrons. The highest BCUT2D eigenvalue weighted by Crippen LogP contribution is 2.07. The van der Waals surface area contributed by atoms with Gasteiger partial charge in [-0.05, 0) is 12.1 Å². The van der Waals surface area contributed by atoms with Gasteiger partial charge in [0.15, 0.2) is 0 Å². The van der Waals surface area contributed by atoms with E-state index < -0.39 is 0 Å². The highest BCUT2D eigenvalue weighted by Gasteiger charge is 2.06. The minimum Gasteiger partial charge on any atom is -0.368 e. The molecular formula is C11H16ClN7. The summed E-state index contributed by atoms with van der Waals surface area (Å²) in [6.07, 6.45) is 7.33. The van der Waals surface area contributed by atoms with Gasteiger partial charge in [-0.3, -0.25) is 10.4 Å². The van der Waals surface area contributed by atoms with Crippen molar-refractivity contribution in [1.29, 1.82) is 0 Å². The Labute approximate surface area is 117 Å². The van der Waals surface area contributed by atoms with Crippen LogP contribution in [-0.2, 0) is 0 Å². The van der Waals surface area contributed by atoms with Crippen LogP contribution in [0.2, 0.25) is 0 Å². The van der Waals surface area contributed by atoms with Crippen molar-refractivity contribution in [1.82, 2.24) is 15.4 Å². The van der Waals surface area contributed by atoms with Crippen LogP contribution in [0.25, 0.3) is 0 Å². The van der Waals surface area contributed by atoms with Crippen LogP contribution in [0.3, 0.4) is 0 Å². The van der Waals surface area contributed by atoms with Crippen LogP contribution in [0, 0.1) is 0 Å². The fraction of sp³-hybridized carbons (Fsp3) is 0.182. The normalized spacial score (nSPS) is 16.2. The summed E-state index contributed by atoms with van der Waals surface area (Å²) in [5.74, 6) is 0.295. The van der Waals surface area contributed by atoms with Crippen molar-refractivity contribution in [3.05, 3.63) is 36.7 Å². The molecule has 5 N–H and O–H groups in total. The van der Waals surface area contributed by atoms with Crippen LogP contribution in [-0.4, -0.2) is 35.0 Å². The van der Waals surface area contributed by atoms with Crippen molar-refractivity contribution in [3.63, 3.8) is 0 Å². The van der Waals surface area contributed by atoms with Crippen molar-refractivity contribution in [2.45, 2.75) is 0 Å². The van der Waals surface area contributed by atoms with E-state index in [1.54, 1.807) is 24.5 Å². The van der Waals surface area contributed by atoms with Gasteiger partial charge in [-0.2, -0.15) is 4.99 Å². The first-order valence-electron chi connectivity index (χ1n) is 5.49. The van der Waals surface area contributed by atoms with Crippen LogP contribution in [0.4, 0.5) is 5.69 Å². The summed E-state index contributed by atoms with van der Waals surface area (Å²) in [4.78, 5) is 11.9. The van der Waals surface area contributed by atoms with Crippen molar-refractivity contribution in [2.24, 2.45) is 21.5 Å². The Morgan fingerprint density at radius 3 is 2.68 bits per heavy atom. The lowest BCUT2D eigenvalue weighted by molar-refractivity contribution is 0.307. The van der Waals surface area contributed by atoms with Crippen molar-refractivity contribution >= 4 is 30.0 Å². The number of nitrogens with zero attached hydrogens (tertiary/aromatic N) is 4. The lowest BCUT2D eigenvalue weighted by atomic mass is 10.4. The zero-order chi connectivity index (χ0) is 12.8. The number of hydrogen-bond donors (Lipinski definition) is 3. The summed E-state index contributed by atoms with van der Waals surface area (Å²) in [6.45, 7) is 1.58. The second-order valence-corrected chi connectivity index (χ2v) is 3.67. The molecule has 1 aliphatic rings.